The molecular formula is C17H26O2. The molecule has 0 aromatic carbocycles. The first-order chi connectivity index (χ1) is 8.96. The van der Waals surface area contributed by atoms with Gasteiger partial charge in [0.05, 0.1) is 0 Å². The monoisotopic (exact) mass is 262 g/mol. The number of aliphatic carboxylic acids is 1. The van der Waals surface area contributed by atoms with Crippen molar-refractivity contribution >= 4 is 5.97 Å². The molecule has 4 saturated carbocycles. The smallest absolute Gasteiger partial charge is 0.328 e. The normalized spacial score (nSPS) is 41.0. The Morgan fingerprint density at radius 1 is 1.16 bits per heavy atom. The third kappa shape index (κ3) is 2.59. The molecule has 0 atom stereocenters. The van der Waals surface area contributed by atoms with Gasteiger partial charge in [-0.1, -0.05) is 19.4 Å². The van der Waals surface area contributed by atoms with Gasteiger partial charge in [-0.15, -0.1) is 0 Å². The number of carbonyl (C=O) groups is 1. The molecule has 0 unspecified atom stereocenters. The fraction of sp³-hybridized carbons (Fsp3) is 0.824. The Labute approximate surface area is 116 Å². The highest BCUT2D eigenvalue weighted by Gasteiger charge is 2.50. The van der Waals surface area contributed by atoms with Gasteiger partial charge < -0.3 is 5.11 Å². The van der Waals surface area contributed by atoms with Crippen LogP contribution in [-0.4, -0.2) is 11.1 Å². The van der Waals surface area contributed by atoms with Gasteiger partial charge in [0, 0.05) is 6.08 Å². The number of hydrogen-bond donors (Lipinski definition) is 1. The van der Waals surface area contributed by atoms with E-state index in [1.165, 1.54) is 44.6 Å². The van der Waals surface area contributed by atoms with Gasteiger partial charge >= 0.3 is 5.97 Å². The average molecular weight is 262 g/mol. The number of hydrogen-bond acceptors (Lipinski definition) is 1. The van der Waals surface area contributed by atoms with E-state index >= 15 is 0 Å². The summed E-state index contributed by atoms with van der Waals surface area (Å²) in [5.41, 5.74) is 1.62. The third-order valence-electron chi connectivity index (χ3n) is 5.79. The zero-order valence-corrected chi connectivity index (χ0v) is 12.2. The Morgan fingerprint density at radius 2 is 1.63 bits per heavy atom. The van der Waals surface area contributed by atoms with Crippen LogP contribution in [0, 0.1) is 29.1 Å². The Morgan fingerprint density at radius 3 is 2.00 bits per heavy atom. The molecule has 0 heterocycles. The van der Waals surface area contributed by atoms with E-state index in [4.69, 9.17) is 5.11 Å². The minimum Gasteiger partial charge on any atom is -0.478 e. The van der Waals surface area contributed by atoms with E-state index in [2.05, 4.69) is 13.8 Å². The van der Waals surface area contributed by atoms with Crippen LogP contribution in [0.5, 0.6) is 0 Å². The quantitative estimate of drug-likeness (QED) is 0.769. The van der Waals surface area contributed by atoms with Crippen LogP contribution in [0.15, 0.2) is 11.6 Å². The number of carboxylic acid groups (broad SMARTS) is 1. The topological polar surface area (TPSA) is 37.3 Å². The molecule has 0 radical (unpaired) electrons. The predicted octanol–water partition coefficient (Wildman–Crippen LogP) is 4.26. The van der Waals surface area contributed by atoms with Crippen molar-refractivity contribution in [2.24, 2.45) is 29.1 Å². The van der Waals surface area contributed by atoms with Gasteiger partial charge in [0.2, 0.25) is 0 Å². The molecule has 0 aromatic heterocycles. The molecule has 0 saturated heterocycles. The summed E-state index contributed by atoms with van der Waals surface area (Å²) in [6.45, 7) is 4.27. The fourth-order valence-corrected chi connectivity index (χ4v) is 5.52. The van der Waals surface area contributed by atoms with E-state index in [-0.39, 0.29) is 0 Å². The molecule has 4 aliphatic carbocycles. The first-order valence-electron chi connectivity index (χ1n) is 7.89. The molecule has 106 valence electrons. The Bertz CT molecular complexity index is 370. The van der Waals surface area contributed by atoms with Crippen LogP contribution in [0.1, 0.15) is 58.8 Å². The van der Waals surface area contributed by atoms with E-state index in [1.807, 2.05) is 0 Å². The molecule has 0 amide bonds. The van der Waals surface area contributed by atoms with E-state index in [0.717, 1.165) is 29.7 Å². The lowest BCUT2D eigenvalue weighted by Gasteiger charge is -2.57. The summed E-state index contributed by atoms with van der Waals surface area (Å²) in [6, 6.07) is 0. The van der Waals surface area contributed by atoms with Crippen molar-refractivity contribution in [3.05, 3.63) is 11.6 Å². The fourth-order valence-electron chi connectivity index (χ4n) is 5.52. The van der Waals surface area contributed by atoms with Crippen LogP contribution >= 0.6 is 0 Å². The summed E-state index contributed by atoms with van der Waals surface area (Å²) in [4.78, 5) is 11.0. The molecular weight excluding hydrogens is 236 g/mol. The van der Waals surface area contributed by atoms with Gasteiger partial charge in [-0.05, 0) is 74.0 Å². The van der Waals surface area contributed by atoms with Crippen molar-refractivity contribution in [1.82, 2.24) is 0 Å². The molecule has 2 nitrogen and oxygen atoms in total. The SMILES string of the molecule is CC(C)/C(=C\C(=O)O)CC12CC3CC(CC(C3)C1)C2. The largest absolute Gasteiger partial charge is 0.478 e. The van der Waals surface area contributed by atoms with Crippen molar-refractivity contribution in [3.8, 4) is 0 Å². The lowest BCUT2D eigenvalue weighted by atomic mass is 9.48. The number of carboxylic acids is 1. The molecule has 4 aliphatic rings. The maximum absolute atomic E-state index is 11.0. The second-order valence-electron chi connectivity index (χ2n) is 7.81. The summed E-state index contributed by atoms with van der Waals surface area (Å²) >= 11 is 0. The van der Waals surface area contributed by atoms with Crippen molar-refractivity contribution in [1.29, 1.82) is 0 Å². The molecule has 4 bridgehead atoms. The maximum atomic E-state index is 11.0. The molecule has 0 spiro atoms. The summed E-state index contributed by atoms with van der Waals surface area (Å²) in [5, 5.41) is 9.07. The molecule has 4 fully saturated rings. The zero-order valence-electron chi connectivity index (χ0n) is 12.2. The number of rotatable bonds is 4. The second kappa shape index (κ2) is 4.64. The molecule has 4 rings (SSSR count). The number of allylic oxidation sites excluding steroid dienone is 1. The van der Waals surface area contributed by atoms with Crippen molar-refractivity contribution in [3.63, 3.8) is 0 Å². The molecule has 1 N–H and O–H groups in total. The first-order valence-corrected chi connectivity index (χ1v) is 7.89. The van der Waals surface area contributed by atoms with Gasteiger partial charge in [-0.25, -0.2) is 4.79 Å². The third-order valence-corrected chi connectivity index (χ3v) is 5.79. The van der Waals surface area contributed by atoms with Crippen LogP contribution in [0.25, 0.3) is 0 Å². The van der Waals surface area contributed by atoms with Crippen LogP contribution < -0.4 is 0 Å². The minimum atomic E-state index is -0.770. The summed E-state index contributed by atoms with van der Waals surface area (Å²) < 4.78 is 0. The van der Waals surface area contributed by atoms with Gasteiger partial charge in [-0.3, -0.25) is 0 Å². The van der Waals surface area contributed by atoms with Crippen molar-refractivity contribution < 1.29 is 9.90 Å². The summed E-state index contributed by atoms with van der Waals surface area (Å²) in [6.07, 6.45) is 11.0. The highest BCUT2D eigenvalue weighted by Crippen LogP contribution is 2.62. The van der Waals surface area contributed by atoms with E-state index in [0.29, 0.717) is 11.3 Å². The van der Waals surface area contributed by atoms with Crippen LogP contribution in [-0.2, 0) is 4.79 Å². The van der Waals surface area contributed by atoms with E-state index in [1.54, 1.807) is 0 Å². The lowest BCUT2D eigenvalue weighted by Crippen LogP contribution is -2.46. The Hall–Kier alpha value is -0.790. The van der Waals surface area contributed by atoms with Gasteiger partial charge in [-0.2, -0.15) is 0 Å². The minimum absolute atomic E-state index is 0.365. The van der Waals surface area contributed by atoms with Gasteiger partial charge in [0.1, 0.15) is 0 Å². The maximum Gasteiger partial charge on any atom is 0.328 e. The van der Waals surface area contributed by atoms with E-state index in [9.17, 15) is 4.79 Å². The van der Waals surface area contributed by atoms with E-state index < -0.39 is 5.97 Å². The van der Waals surface area contributed by atoms with Crippen molar-refractivity contribution in [2.45, 2.75) is 58.8 Å². The van der Waals surface area contributed by atoms with Gasteiger partial charge in [0.25, 0.3) is 0 Å². The Kier molecular flexibility index (Phi) is 3.23. The summed E-state index contributed by atoms with van der Waals surface area (Å²) in [5.74, 6) is 2.44. The lowest BCUT2D eigenvalue weighted by molar-refractivity contribution is -0.131. The molecule has 2 heteroatoms. The predicted molar refractivity (Wildman–Crippen MR) is 75.8 cm³/mol. The standard InChI is InChI=1S/C17H26O2/c1-11(2)15(6-16(18)19)10-17-7-12-3-13(8-17)5-14(4-12)9-17/h6,11-14H,3-5,7-10H2,1-2H3,(H,18,19)/b15-6-. The second-order valence-corrected chi connectivity index (χ2v) is 7.81. The molecule has 0 aliphatic heterocycles. The average Bonchev–Trinajstić information content (AvgIpc) is 2.24. The van der Waals surface area contributed by atoms with Crippen LogP contribution in [0.2, 0.25) is 0 Å². The molecule has 19 heavy (non-hydrogen) atoms. The van der Waals surface area contributed by atoms with Crippen LogP contribution in [0.4, 0.5) is 0 Å². The Balaban J connectivity index is 1.80. The molecule has 0 aromatic rings. The summed E-state index contributed by atoms with van der Waals surface area (Å²) in [7, 11) is 0. The highest BCUT2D eigenvalue weighted by atomic mass is 16.4. The van der Waals surface area contributed by atoms with Crippen LogP contribution in [0.3, 0.4) is 0 Å². The zero-order chi connectivity index (χ0) is 13.6. The highest BCUT2D eigenvalue weighted by molar-refractivity contribution is 5.80. The van der Waals surface area contributed by atoms with Gasteiger partial charge in [0.15, 0.2) is 0 Å². The first kappa shape index (κ1) is 13.2. The van der Waals surface area contributed by atoms with Crippen molar-refractivity contribution in [2.75, 3.05) is 0 Å².